The van der Waals surface area contributed by atoms with Gasteiger partial charge in [-0.15, -0.1) is 0 Å². The molecule has 6 nitrogen and oxygen atoms in total. The van der Waals surface area contributed by atoms with E-state index in [2.05, 4.69) is 15.6 Å². The Morgan fingerprint density at radius 1 is 0.944 bits per heavy atom. The van der Waals surface area contributed by atoms with Crippen LogP contribution in [0.15, 0.2) is 101 Å². The van der Waals surface area contributed by atoms with Gasteiger partial charge in [0.1, 0.15) is 17.9 Å². The number of ether oxygens (including phenoxy) is 1. The molecule has 1 aromatic heterocycles. The number of benzene rings is 4. The molecule has 0 aliphatic heterocycles. The van der Waals surface area contributed by atoms with Gasteiger partial charge < -0.3 is 14.5 Å². The van der Waals surface area contributed by atoms with Crippen LogP contribution in [0, 0.1) is 6.92 Å². The molecule has 178 valence electrons. The number of hydrogen-bond acceptors (Lipinski definition) is 5. The number of carbonyl (C=O) groups excluding carboxylic acids is 1. The number of amides is 1. The first-order valence-electron chi connectivity index (χ1n) is 11.4. The van der Waals surface area contributed by atoms with Crippen molar-refractivity contribution >= 4 is 40.0 Å². The van der Waals surface area contributed by atoms with Crippen molar-refractivity contribution in [1.82, 2.24) is 10.3 Å². The van der Waals surface area contributed by atoms with Crippen LogP contribution in [0.1, 0.15) is 21.5 Å². The molecule has 4 aromatic carbocycles. The summed E-state index contributed by atoms with van der Waals surface area (Å²) in [5, 5.41) is 5.96. The number of carbonyl (C=O) groups is 1. The topological polar surface area (TPSA) is 76.4 Å². The largest absolute Gasteiger partial charge is 0.489 e. The molecule has 0 saturated carbocycles. The number of oxazole rings is 1. The zero-order chi connectivity index (χ0) is 24.9. The van der Waals surface area contributed by atoms with E-state index in [-0.39, 0.29) is 11.0 Å². The summed E-state index contributed by atoms with van der Waals surface area (Å²) in [5.74, 6) is 0.788. The molecule has 1 amide bonds. The van der Waals surface area contributed by atoms with Gasteiger partial charge in [0, 0.05) is 16.8 Å². The molecule has 7 heteroatoms. The number of fused-ring (bicyclic) bond motifs is 1. The van der Waals surface area contributed by atoms with Crippen LogP contribution in [0.25, 0.3) is 22.6 Å². The van der Waals surface area contributed by atoms with Crippen molar-refractivity contribution in [2.45, 2.75) is 13.5 Å². The minimum absolute atomic E-state index is 0.181. The first-order valence-corrected chi connectivity index (χ1v) is 11.8. The van der Waals surface area contributed by atoms with E-state index in [4.69, 9.17) is 21.4 Å². The minimum Gasteiger partial charge on any atom is -0.489 e. The van der Waals surface area contributed by atoms with Crippen molar-refractivity contribution < 1.29 is 13.9 Å². The Morgan fingerprint density at radius 2 is 1.78 bits per heavy atom. The van der Waals surface area contributed by atoms with Crippen LogP contribution in [0.2, 0.25) is 0 Å². The van der Waals surface area contributed by atoms with E-state index < -0.39 is 0 Å². The quantitative estimate of drug-likeness (QED) is 0.263. The summed E-state index contributed by atoms with van der Waals surface area (Å²) in [6.45, 7) is 2.43. The number of aromatic nitrogens is 1. The van der Waals surface area contributed by atoms with Crippen LogP contribution in [0.5, 0.6) is 5.75 Å². The number of rotatable bonds is 6. The van der Waals surface area contributed by atoms with Crippen LogP contribution >= 0.6 is 12.2 Å². The third-order valence-electron chi connectivity index (χ3n) is 5.48. The van der Waals surface area contributed by atoms with E-state index in [1.54, 1.807) is 18.2 Å². The fourth-order valence-electron chi connectivity index (χ4n) is 3.70. The Kier molecular flexibility index (Phi) is 6.73. The highest BCUT2D eigenvalue weighted by Gasteiger charge is 2.12. The third kappa shape index (κ3) is 5.59. The minimum atomic E-state index is -0.330. The highest BCUT2D eigenvalue weighted by molar-refractivity contribution is 7.80. The predicted octanol–water partition coefficient (Wildman–Crippen LogP) is 6.51. The second kappa shape index (κ2) is 10.4. The number of thiocarbonyl (C=S) groups is 1. The lowest BCUT2D eigenvalue weighted by atomic mass is 10.2. The average molecular weight is 494 g/mol. The molecular formula is C29H23N3O3S. The van der Waals surface area contributed by atoms with Crippen LogP contribution in [-0.4, -0.2) is 16.0 Å². The van der Waals surface area contributed by atoms with Gasteiger partial charge in [-0.3, -0.25) is 10.1 Å². The van der Waals surface area contributed by atoms with Gasteiger partial charge in [-0.2, -0.15) is 0 Å². The van der Waals surface area contributed by atoms with Gasteiger partial charge in [0.25, 0.3) is 5.91 Å². The van der Waals surface area contributed by atoms with Crippen molar-refractivity contribution in [3.8, 4) is 17.2 Å². The molecule has 1 heterocycles. The number of hydrogen-bond donors (Lipinski definition) is 2. The average Bonchev–Trinajstić information content (AvgIpc) is 3.32. The fraction of sp³-hybridized carbons (Fsp3) is 0.0690. The van der Waals surface area contributed by atoms with E-state index >= 15 is 0 Å². The molecule has 0 radical (unpaired) electrons. The predicted molar refractivity (Wildman–Crippen MR) is 145 cm³/mol. The summed E-state index contributed by atoms with van der Waals surface area (Å²) in [6.07, 6.45) is 0. The molecule has 0 aliphatic rings. The Labute approximate surface area is 213 Å². The van der Waals surface area contributed by atoms with Crippen LogP contribution in [0.3, 0.4) is 0 Å². The monoisotopic (exact) mass is 493 g/mol. The van der Waals surface area contributed by atoms with Crippen molar-refractivity contribution in [1.29, 1.82) is 0 Å². The molecule has 0 atom stereocenters. The molecule has 0 bridgehead atoms. The number of aryl methyl sites for hydroxylation is 1. The maximum atomic E-state index is 12.8. The standard InChI is InChI=1S/C29H23N3O3S/c1-19-13-14-26-25(15-19)31-28(35-26)22-10-5-11-23(16-22)30-29(36)32-27(33)21-9-6-12-24(17-21)34-18-20-7-3-2-4-8-20/h2-17H,18H2,1H3,(H2,30,32,33,36). The Balaban J connectivity index is 1.22. The van der Waals surface area contributed by atoms with Crippen molar-refractivity contribution in [2.24, 2.45) is 0 Å². The van der Waals surface area contributed by atoms with Gasteiger partial charge in [-0.05, 0) is 78.8 Å². The van der Waals surface area contributed by atoms with Crippen molar-refractivity contribution in [2.75, 3.05) is 5.32 Å². The lowest BCUT2D eigenvalue weighted by Crippen LogP contribution is -2.34. The number of nitrogens with one attached hydrogen (secondary N) is 2. The van der Waals surface area contributed by atoms with Crippen molar-refractivity contribution in [3.05, 3.63) is 114 Å². The molecule has 5 rings (SSSR count). The third-order valence-corrected chi connectivity index (χ3v) is 5.69. The molecule has 0 spiro atoms. The lowest BCUT2D eigenvalue weighted by Gasteiger charge is -2.11. The van der Waals surface area contributed by atoms with E-state index in [0.717, 1.165) is 27.8 Å². The molecule has 5 aromatic rings. The summed E-state index contributed by atoms with van der Waals surface area (Å²) in [7, 11) is 0. The zero-order valence-electron chi connectivity index (χ0n) is 19.5. The molecule has 0 aliphatic carbocycles. The first-order chi connectivity index (χ1) is 17.5. The van der Waals surface area contributed by atoms with E-state index in [1.165, 1.54) is 0 Å². The van der Waals surface area contributed by atoms with E-state index in [0.29, 0.717) is 29.5 Å². The van der Waals surface area contributed by atoms with Gasteiger partial charge in [0.2, 0.25) is 5.89 Å². The summed E-state index contributed by atoms with van der Waals surface area (Å²) in [4.78, 5) is 17.4. The van der Waals surface area contributed by atoms with Crippen LogP contribution < -0.4 is 15.4 Å². The highest BCUT2D eigenvalue weighted by Crippen LogP contribution is 2.26. The SMILES string of the molecule is Cc1ccc2oc(-c3cccc(NC(=S)NC(=O)c4cccc(OCc5ccccc5)c4)c3)nc2c1. The van der Waals surface area contributed by atoms with Gasteiger partial charge in [0.15, 0.2) is 10.7 Å². The van der Waals surface area contributed by atoms with E-state index in [9.17, 15) is 4.79 Å². The molecule has 2 N–H and O–H groups in total. The summed E-state index contributed by atoms with van der Waals surface area (Å²) >= 11 is 5.37. The van der Waals surface area contributed by atoms with Crippen molar-refractivity contribution in [3.63, 3.8) is 0 Å². The highest BCUT2D eigenvalue weighted by atomic mass is 32.1. The maximum Gasteiger partial charge on any atom is 0.257 e. The molecular weight excluding hydrogens is 470 g/mol. The Hall–Kier alpha value is -4.49. The molecule has 0 fully saturated rings. The fourth-order valence-corrected chi connectivity index (χ4v) is 3.91. The summed E-state index contributed by atoms with van der Waals surface area (Å²) in [5.41, 5.74) is 5.65. The number of nitrogens with zero attached hydrogens (tertiary/aromatic N) is 1. The summed E-state index contributed by atoms with van der Waals surface area (Å²) in [6, 6.07) is 30.2. The smallest absolute Gasteiger partial charge is 0.257 e. The first kappa shape index (κ1) is 23.3. The maximum absolute atomic E-state index is 12.8. The number of anilines is 1. The zero-order valence-corrected chi connectivity index (χ0v) is 20.3. The summed E-state index contributed by atoms with van der Waals surface area (Å²) < 4.78 is 11.7. The Bertz CT molecular complexity index is 1550. The lowest BCUT2D eigenvalue weighted by molar-refractivity contribution is 0.0977. The van der Waals surface area contributed by atoms with Gasteiger partial charge >= 0.3 is 0 Å². The molecule has 0 saturated heterocycles. The van der Waals surface area contributed by atoms with Gasteiger partial charge in [-0.1, -0.05) is 48.5 Å². The second-order valence-corrected chi connectivity index (χ2v) is 8.69. The second-order valence-electron chi connectivity index (χ2n) is 8.28. The van der Waals surface area contributed by atoms with Gasteiger partial charge in [0.05, 0.1) is 0 Å². The van der Waals surface area contributed by atoms with Gasteiger partial charge in [-0.25, -0.2) is 4.98 Å². The van der Waals surface area contributed by atoms with E-state index in [1.807, 2.05) is 85.8 Å². The van der Waals surface area contributed by atoms with Crippen LogP contribution in [-0.2, 0) is 6.61 Å². The van der Waals surface area contributed by atoms with Crippen LogP contribution in [0.4, 0.5) is 5.69 Å². The molecule has 0 unspecified atom stereocenters. The molecule has 36 heavy (non-hydrogen) atoms. The Morgan fingerprint density at radius 3 is 2.64 bits per heavy atom. The normalized spacial score (nSPS) is 10.7.